The molecule has 4 aromatic rings. The van der Waals surface area contributed by atoms with Crippen molar-refractivity contribution in [2.24, 2.45) is 0 Å². The van der Waals surface area contributed by atoms with Crippen molar-refractivity contribution in [3.05, 3.63) is 71.0 Å². The first-order valence-electron chi connectivity index (χ1n) is 13.5. The summed E-state index contributed by atoms with van der Waals surface area (Å²) in [6.45, 7) is 7.76. The molecule has 40 heavy (non-hydrogen) atoms. The highest BCUT2D eigenvalue weighted by Crippen LogP contribution is 2.47. The van der Waals surface area contributed by atoms with Crippen LogP contribution in [0.15, 0.2) is 52.9 Å². The smallest absolute Gasteiger partial charge is 0.409 e. The monoisotopic (exact) mass is 546 g/mol. The Morgan fingerprint density at radius 1 is 0.950 bits per heavy atom. The first-order valence-corrected chi connectivity index (χ1v) is 13.5. The molecule has 0 aliphatic carbocycles. The van der Waals surface area contributed by atoms with Gasteiger partial charge in [-0.3, -0.25) is 4.90 Å². The Morgan fingerprint density at radius 2 is 1.60 bits per heavy atom. The van der Waals surface area contributed by atoms with Gasteiger partial charge in [-0.15, -0.1) is 0 Å². The number of amides is 1. The molecule has 210 valence electrons. The van der Waals surface area contributed by atoms with Crippen molar-refractivity contribution >= 4 is 33.8 Å². The largest absolute Gasteiger partial charge is 0.507 e. The van der Waals surface area contributed by atoms with Crippen LogP contribution in [0.4, 0.5) is 4.79 Å². The van der Waals surface area contributed by atoms with Gasteiger partial charge < -0.3 is 28.6 Å². The molecular formula is C31H34N2O7. The van der Waals surface area contributed by atoms with Crippen molar-refractivity contribution in [3.63, 3.8) is 0 Å². The summed E-state index contributed by atoms with van der Waals surface area (Å²) in [6, 6.07) is 14.7. The molecule has 0 radical (unpaired) electrons. The maximum Gasteiger partial charge on any atom is 0.409 e. The number of carbonyl (C=O) groups excluding carboxylic acids is 2. The van der Waals surface area contributed by atoms with Gasteiger partial charge in [0.25, 0.3) is 0 Å². The normalized spacial score (nSPS) is 14.8. The van der Waals surface area contributed by atoms with E-state index in [-0.39, 0.29) is 18.4 Å². The van der Waals surface area contributed by atoms with E-state index in [0.717, 1.165) is 5.56 Å². The minimum atomic E-state index is -0.504. The van der Waals surface area contributed by atoms with Crippen molar-refractivity contribution in [1.29, 1.82) is 0 Å². The van der Waals surface area contributed by atoms with Crippen LogP contribution in [-0.2, 0) is 9.47 Å². The van der Waals surface area contributed by atoms with Gasteiger partial charge in [-0.2, -0.15) is 0 Å². The number of aromatic hydroxyl groups is 1. The third-order valence-corrected chi connectivity index (χ3v) is 7.43. The lowest BCUT2D eigenvalue weighted by Gasteiger charge is -2.39. The van der Waals surface area contributed by atoms with Gasteiger partial charge in [-0.1, -0.05) is 36.4 Å². The molecule has 3 aromatic carbocycles. The van der Waals surface area contributed by atoms with E-state index in [1.54, 1.807) is 32.8 Å². The number of phenols is 1. The highest BCUT2D eigenvalue weighted by Gasteiger charge is 2.35. The van der Waals surface area contributed by atoms with Crippen LogP contribution in [0.3, 0.4) is 0 Å². The van der Waals surface area contributed by atoms with E-state index in [1.165, 1.54) is 0 Å². The standard InChI is InChI=1S/C31H34N2O7/c1-5-38-30(35)24-19(3)40-29-23-10-8-7-9-22(23)28(34)26(25(24)29)27(20-11-13-21(37-4)14-12-20)32-15-17-33(18-16-32)31(36)39-6-2/h7-14,27,34H,5-6,15-18H2,1-4H3. The third-order valence-electron chi connectivity index (χ3n) is 7.43. The first kappa shape index (κ1) is 27.3. The predicted octanol–water partition coefficient (Wildman–Crippen LogP) is 5.65. The Kier molecular flexibility index (Phi) is 7.84. The van der Waals surface area contributed by atoms with Crippen LogP contribution < -0.4 is 4.74 Å². The van der Waals surface area contributed by atoms with Gasteiger partial charge in [-0.25, -0.2) is 9.59 Å². The molecule has 1 amide bonds. The van der Waals surface area contributed by atoms with Gasteiger partial charge in [0.15, 0.2) is 0 Å². The van der Waals surface area contributed by atoms with Gasteiger partial charge in [0, 0.05) is 47.9 Å². The number of phenolic OH excluding ortho intramolecular Hbond substituents is 1. The Balaban J connectivity index is 1.75. The average molecular weight is 547 g/mol. The Hall–Kier alpha value is -4.24. The average Bonchev–Trinajstić information content (AvgIpc) is 3.32. The number of nitrogens with zero attached hydrogens (tertiary/aromatic N) is 2. The van der Waals surface area contributed by atoms with E-state index in [2.05, 4.69) is 4.90 Å². The molecule has 0 bridgehead atoms. The molecule has 1 fully saturated rings. The number of methoxy groups -OCH3 is 1. The molecule has 5 rings (SSSR count). The van der Waals surface area contributed by atoms with Gasteiger partial charge in [-0.05, 0) is 38.5 Å². The van der Waals surface area contributed by atoms with Crippen LogP contribution >= 0.6 is 0 Å². The third kappa shape index (κ3) is 4.81. The van der Waals surface area contributed by atoms with Crippen molar-refractivity contribution < 1.29 is 33.3 Å². The fraction of sp³-hybridized carbons (Fsp3) is 0.355. The lowest BCUT2D eigenvalue weighted by molar-refractivity contribution is 0.0525. The van der Waals surface area contributed by atoms with E-state index in [9.17, 15) is 14.7 Å². The Bertz CT molecular complexity index is 1540. The number of aryl methyl sites for hydroxylation is 1. The second-order valence-electron chi connectivity index (χ2n) is 9.66. The van der Waals surface area contributed by atoms with Crippen LogP contribution in [-0.4, -0.2) is 73.5 Å². The quantitative estimate of drug-likeness (QED) is 0.297. The molecule has 2 heterocycles. The van der Waals surface area contributed by atoms with Crippen molar-refractivity contribution in [2.45, 2.75) is 26.8 Å². The van der Waals surface area contributed by atoms with Gasteiger partial charge in [0.05, 0.1) is 26.4 Å². The molecule has 9 nitrogen and oxygen atoms in total. The molecule has 1 aliphatic heterocycles. The lowest BCUT2D eigenvalue weighted by Crippen LogP contribution is -2.50. The van der Waals surface area contributed by atoms with Crippen LogP contribution in [0.2, 0.25) is 0 Å². The van der Waals surface area contributed by atoms with Crippen LogP contribution in [0.25, 0.3) is 21.7 Å². The van der Waals surface area contributed by atoms with E-state index in [1.807, 2.05) is 48.5 Å². The number of carbonyl (C=O) groups is 2. The number of ether oxygens (including phenoxy) is 3. The summed E-state index contributed by atoms with van der Waals surface area (Å²) in [6.07, 6.45) is -0.339. The Morgan fingerprint density at radius 3 is 2.23 bits per heavy atom. The van der Waals surface area contributed by atoms with Crippen molar-refractivity contribution in [3.8, 4) is 11.5 Å². The number of esters is 1. The Labute approximate surface area is 232 Å². The zero-order valence-corrected chi connectivity index (χ0v) is 23.2. The van der Waals surface area contributed by atoms with E-state index < -0.39 is 12.0 Å². The summed E-state index contributed by atoms with van der Waals surface area (Å²) < 4.78 is 22.3. The van der Waals surface area contributed by atoms with Crippen molar-refractivity contribution in [1.82, 2.24) is 9.80 Å². The molecule has 0 spiro atoms. The highest BCUT2D eigenvalue weighted by atomic mass is 16.6. The number of furan rings is 1. The van der Waals surface area contributed by atoms with Crippen molar-refractivity contribution in [2.75, 3.05) is 46.5 Å². The summed E-state index contributed by atoms with van der Waals surface area (Å²) in [5.74, 6) is 0.693. The fourth-order valence-corrected chi connectivity index (χ4v) is 5.58. The maximum atomic E-state index is 13.3. The number of piperazine rings is 1. The summed E-state index contributed by atoms with van der Waals surface area (Å²) in [5, 5.41) is 13.8. The summed E-state index contributed by atoms with van der Waals surface area (Å²) in [7, 11) is 1.61. The molecule has 1 unspecified atom stereocenters. The molecule has 0 saturated carbocycles. The van der Waals surface area contributed by atoms with Gasteiger partial charge >= 0.3 is 12.1 Å². The minimum Gasteiger partial charge on any atom is -0.507 e. The SMILES string of the molecule is CCOC(=O)c1c(C)oc2c1c(C(c1ccc(OC)cc1)N1CCN(C(=O)OCC)CC1)c(O)c1ccccc12. The lowest BCUT2D eigenvalue weighted by atomic mass is 9.88. The van der Waals surface area contributed by atoms with Crippen LogP contribution in [0.5, 0.6) is 11.5 Å². The van der Waals surface area contributed by atoms with E-state index in [0.29, 0.717) is 77.2 Å². The molecule has 1 saturated heterocycles. The number of hydrogen-bond acceptors (Lipinski definition) is 8. The van der Waals surface area contributed by atoms with E-state index in [4.69, 9.17) is 18.6 Å². The van der Waals surface area contributed by atoms with E-state index >= 15 is 0 Å². The molecule has 1 aliphatic rings. The summed E-state index contributed by atoms with van der Waals surface area (Å²) in [4.78, 5) is 29.6. The second-order valence-corrected chi connectivity index (χ2v) is 9.66. The molecule has 1 atom stereocenters. The summed E-state index contributed by atoms with van der Waals surface area (Å²) >= 11 is 0. The maximum absolute atomic E-state index is 13.3. The van der Waals surface area contributed by atoms with Gasteiger partial charge in [0.1, 0.15) is 28.4 Å². The second kappa shape index (κ2) is 11.5. The molecular weight excluding hydrogens is 512 g/mol. The molecule has 1 N–H and O–H groups in total. The topological polar surface area (TPSA) is 102 Å². The zero-order valence-electron chi connectivity index (χ0n) is 23.2. The number of rotatable bonds is 7. The van der Waals surface area contributed by atoms with Gasteiger partial charge in [0.2, 0.25) is 0 Å². The van der Waals surface area contributed by atoms with Crippen LogP contribution in [0, 0.1) is 6.92 Å². The first-order chi connectivity index (χ1) is 19.4. The predicted molar refractivity (Wildman–Crippen MR) is 151 cm³/mol. The zero-order chi connectivity index (χ0) is 28.4. The minimum absolute atomic E-state index is 0.0723. The number of fused-ring (bicyclic) bond motifs is 3. The number of hydrogen-bond donors (Lipinski definition) is 1. The fourth-order valence-electron chi connectivity index (χ4n) is 5.58. The van der Waals surface area contributed by atoms with Crippen LogP contribution in [0.1, 0.15) is 47.1 Å². The summed E-state index contributed by atoms with van der Waals surface area (Å²) in [5.41, 5.74) is 2.28. The molecule has 9 heteroatoms. The number of benzene rings is 3. The highest BCUT2D eigenvalue weighted by molar-refractivity contribution is 6.16. The molecule has 1 aromatic heterocycles.